The Morgan fingerprint density at radius 3 is 2.41 bits per heavy atom. The number of rotatable bonds is 2. The van der Waals surface area contributed by atoms with Crippen molar-refractivity contribution < 1.29 is 4.79 Å². The predicted octanol–water partition coefficient (Wildman–Crippen LogP) is 5.08. The molecule has 1 aromatic heterocycles. The average Bonchev–Trinajstić information content (AvgIpc) is 3.02. The van der Waals surface area contributed by atoms with Crippen molar-refractivity contribution in [2.45, 2.75) is 34.1 Å². The zero-order valence-corrected chi connectivity index (χ0v) is 19.2. The quantitative estimate of drug-likeness (QED) is 0.619. The molecule has 0 spiro atoms. The first kappa shape index (κ1) is 21.6. The number of carbonyl (C=O) groups is 1. The summed E-state index contributed by atoms with van der Waals surface area (Å²) in [4.78, 5) is 21.8. The summed E-state index contributed by atoms with van der Waals surface area (Å²) in [5.74, 6) is 0.709. The van der Waals surface area contributed by atoms with E-state index >= 15 is 0 Å². The Morgan fingerprint density at radius 2 is 1.69 bits per heavy atom. The second-order valence-corrected chi connectivity index (χ2v) is 8.63. The van der Waals surface area contributed by atoms with Gasteiger partial charge in [-0.1, -0.05) is 18.2 Å². The fraction of sp³-hybridized carbons (Fsp3) is 0.346. The summed E-state index contributed by atoms with van der Waals surface area (Å²) in [6.07, 6.45) is 0.817. The molecule has 0 aliphatic carbocycles. The maximum Gasteiger partial charge on any atom is 0.321 e. The van der Waals surface area contributed by atoms with Crippen molar-refractivity contribution in [1.29, 1.82) is 5.26 Å². The van der Waals surface area contributed by atoms with E-state index in [1.807, 2.05) is 43.0 Å². The van der Waals surface area contributed by atoms with E-state index in [0.29, 0.717) is 31.0 Å². The van der Waals surface area contributed by atoms with Gasteiger partial charge in [-0.15, -0.1) is 0 Å². The maximum absolute atomic E-state index is 13.0. The molecule has 0 radical (unpaired) electrons. The molecule has 2 amide bonds. The van der Waals surface area contributed by atoms with Crippen LogP contribution in [0.5, 0.6) is 0 Å². The van der Waals surface area contributed by atoms with Crippen molar-refractivity contribution >= 4 is 28.4 Å². The topological polar surface area (TPSA) is 72.3 Å². The molecule has 2 heterocycles. The average molecular weight is 428 g/mol. The number of aromatic nitrogens is 1. The third-order valence-electron chi connectivity index (χ3n) is 6.33. The predicted molar refractivity (Wildman–Crippen MR) is 129 cm³/mol. The number of amides is 2. The fourth-order valence-corrected chi connectivity index (χ4v) is 4.28. The lowest BCUT2D eigenvalue weighted by Crippen LogP contribution is -2.38. The number of fused-ring (bicyclic) bond motifs is 1. The van der Waals surface area contributed by atoms with Crippen LogP contribution in [0.15, 0.2) is 36.4 Å². The van der Waals surface area contributed by atoms with Crippen LogP contribution < -0.4 is 10.2 Å². The number of pyridine rings is 1. The van der Waals surface area contributed by atoms with Crippen LogP contribution in [0.3, 0.4) is 0 Å². The van der Waals surface area contributed by atoms with Gasteiger partial charge >= 0.3 is 6.03 Å². The van der Waals surface area contributed by atoms with Gasteiger partial charge in [0.25, 0.3) is 0 Å². The standard InChI is InChI=1S/C26H29N5O/c1-17-7-5-8-18(2)24(17)29-26(32)31-10-6-9-30(11-12-31)25-22(16-27)15-21-13-19(3)20(4)14-23(21)28-25/h5,7-8,13-15H,6,9-12H2,1-4H3,(H,29,32). The molecule has 0 atom stereocenters. The summed E-state index contributed by atoms with van der Waals surface area (Å²) in [5, 5.41) is 13.8. The van der Waals surface area contributed by atoms with Crippen LogP contribution in [0.25, 0.3) is 10.9 Å². The summed E-state index contributed by atoms with van der Waals surface area (Å²) in [5.41, 5.74) is 6.85. The summed E-state index contributed by atoms with van der Waals surface area (Å²) in [6, 6.07) is 14.3. The number of carbonyl (C=O) groups excluding carboxylic acids is 1. The number of benzene rings is 2. The van der Waals surface area contributed by atoms with Gasteiger partial charge in [0.15, 0.2) is 0 Å². The van der Waals surface area contributed by atoms with Gasteiger partial charge in [-0.25, -0.2) is 9.78 Å². The minimum atomic E-state index is -0.0812. The van der Waals surface area contributed by atoms with Crippen LogP contribution in [0.1, 0.15) is 34.2 Å². The number of hydrogen-bond donors (Lipinski definition) is 1. The molecule has 1 aliphatic heterocycles. The Labute approximate surface area is 189 Å². The summed E-state index contributed by atoms with van der Waals surface area (Å²) < 4.78 is 0. The molecule has 32 heavy (non-hydrogen) atoms. The molecule has 2 aromatic carbocycles. The van der Waals surface area contributed by atoms with Gasteiger partial charge < -0.3 is 15.1 Å². The van der Waals surface area contributed by atoms with Gasteiger partial charge in [0.1, 0.15) is 11.9 Å². The zero-order valence-electron chi connectivity index (χ0n) is 19.2. The molecule has 3 aromatic rings. The SMILES string of the molecule is Cc1cc2cc(C#N)c(N3CCCN(C(=O)Nc4c(C)cccc4C)CC3)nc2cc1C. The lowest BCUT2D eigenvalue weighted by Gasteiger charge is -2.24. The molecule has 0 unspecified atom stereocenters. The number of anilines is 2. The molecule has 4 rings (SSSR count). The van der Waals surface area contributed by atoms with Crippen LogP contribution in [-0.2, 0) is 0 Å². The number of urea groups is 1. The van der Waals surface area contributed by atoms with Crippen molar-refractivity contribution in [3.05, 3.63) is 64.2 Å². The molecule has 1 fully saturated rings. The molecule has 164 valence electrons. The monoisotopic (exact) mass is 427 g/mol. The summed E-state index contributed by atoms with van der Waals surface area (Å²) >= 11 is 0. The maximum atomic E-state index is 13.0. The number of nitriles is 1. The first-order chi connectivity index (χ1) is 15.4. The first-order valence-corrected chi connectivity index (χ1v) is 11.1. The molecule has 1 aliphatic rings. The van der Waals surface area contributed by atoms with Gasteiger partial charge in [-0.05, 0) is 74.6 Å². The fourth-order valence-electron chi connectivity index (χ4n) is 4.28. The molecular weight excluding hydrogens is 398 g/mol. The van der Waals surface area contributed by atoms with Crippen molar-refractivity contribution in [1.82, 2.24) is 9.88 Å². The lowest BCUT2D eigenvalue weighted by atomic mass is 10.0. The van der Waals surface area contributed by atoms with E-state index in [2.05, 4.69) is 42.3 Å². The van der Waals surface area contributed by atoms with Crippen LogP contribution in [-0.4, -0.2) is 42.1 Å². The molecule has 0 bridgehead atoms. The van der Waals surface area contributed by atoms with E-state index in [1.165, 1.54) is 11.1 Å². The van der Waals surface area contributed by atoms with Crippen LogP contribution in [0.2, 0.25) is 0 Å². The molecule has 1 saturated heterocycles. The molecule has 0 saturated carbocycles. The number of para-hydroxylation sites is 1. The van der Waals surface area contributed by atoms with Crippen molar-refractivity contribution in [3.8, 4) is 6.07 Å². The van der Waals surface area contributed by atoms with Gasteiger partial charge in [0.05, 0.1) is 11.1 Å². The van der Waals surface area contributed by atoms with Crippen LogP contribution in [0.4, 0.5) is 16.3 Å². The van der Waals surface area contributed by atoms with Crippen molar-refractivity contribution in [3.63, 3.8) is 0 Å². The highest BCUT2D eigenvalue weighted by Gasteiger charge is 2.23. The van der Waals surface area contributed by atoms with Gasteiger partial charge in [-0.2, -0.15) is 5.26 Å². The van der Waals surface area contributed by atoms with E-state index in [1.54, 1.807) is 0 Å². The summed E-state index contributed by atoms with van der Waals surface area (Å²) in [6.45, 7) is 10.8. The van der Waals surface area contributed by atoms with Gasteiger partial charge in [-0.3, -0.25) is 0 Å². The van der Waals surface area contributed by atoms with E-state index in [0.717, 1.165) is 40.7 Å². The number of nitrogens with one attached hydrogen (secondary N) is 1. The Balaban J connectivity index is 1.54. The number of aryl methyl sites for hydroxylation is 4. The number of nitrogens with zero attached hydrogens (tertiary/aromatic N) is 4. The molecule has 6 heteroatoms. The second-order valence-electron chi connectivity index (χ2n) is 8.63. The molecule has 6 nitrogen and oxygen atoms in total. The Morgan fingerprint density at radius 1 is 0.969 bits per heavy atom. The van der Waals surface area contributed by atoms with E-state index in [9.17, 15) is 10.1 Å². The van der Waals surface area contributed by atoms with Crippen molar-refractivity contribution in [2.24, 2.45) is 0 Å². The second kappa shape index (κ2) is 8.88. The minimum absolute atomic E-state index is 0.0812. The smallest absolute Gasteiger partial charge is 0.321 e. The van der Waals surface area contributed by atoms with Crippen molar-refractivity contribution in [2.75, 3.05) is 36.4 Å². The summed E-state index contributed by atoms with van der Waals surface area (Å²) in [7, 11) is 0. The van der Waals surface area contributed by atoms with E-state index in [-0.39, 0.29) is 6.03 Å². The molecule has 1 N–H and O–H groups in total. The highest BCUT2D eigenvalue weighted by molar-refractivity contribution is 5.91. The Kier molecular flexibility index (Phi) is 6.00. The third kappa shape index (κ3) is 4.24. The number of hydrogen-bond acceptors (Lipinski definition) is 4. The molecular formula is C26H29N5O. The normalized spacial score (nSPS) is 14.2. The zero-order chi connectivity index (χ0) is 22.8. The highest BCUT2D eigenvalue weighted by atomic mass is 16.2. The lowest BCUT2D eigenvalue weighted by molar-refractivity contribution is 0.215. The largest absolute Gasteiger partial charge is 0.354 e. The highest BCUT2D eigenvalue weighted by Crippen LogP contribution is 2.27. The van der Waals surface area contributed by atoms with Crippen LogP contribution in [0, 0.1) is 39.0 Å². The Bertz CT molecular complexity index is 1210. The van der Waals surface area contributed by atoms with Gasteiger partial charge in [0, 0.05) is 37.3 Å². The minimum Gasteiger partial charge on any atom is -0.354 e. The third-order valence-corrected chi connectivity index (χ3v) is 6.33. The first-order valence-electron chi connectivity index (χ1n) is 11.1. The van der Waals surface area contributed by atoms with Gasteiger partial charge in [0.2, 0.25) is 0 Å². The Hall–Kier alpha value is -3.59. The van der Waals surface area contributed by atoms with E-state index in [4.69, 9.17) is 4.98 Å². The van der Waals surface area contributed by atoms with E-state index < -0.39 is 0 Å². The van der Waals surface area contributed by atoms with Crippen LogP contribution >= 0.6 is 0 Å².